The lowest BCUT2D eigenvalue weighted by atomic mass is 9.89. The molecule has 0 radical (unpaired) electrons. The van der Waals surface area contributed by atoms with Gasteiger partial charge in [-0.2, -0.15) is 0 Å². The number of nitrogens with one attached hydrogen (secondary N) is 1. The van der Waals surface area contributed by atoms with Crippen LogP contribution >= 0.6 is 0 Å². The van der Waals surface area contributed by atoms with E-state index in [9.17, 15) is 4.79 Å². The summed E-state index contributed by atoms with van der Waals surface area (Å²) in [4.78, 5) is 15.3. The summed E-state index contributed by atoms with van der Waals surface area (Å²) in [6.07, 6.45) is 7.99. The maximum absolute atomic E-state index is 11.2. The summed E-state index contributed by atoms with van der Waals surface area (Å²) < 4.78 is 0. The molecule has 0 aromatic carbocycles. The van der Waals surface area contributed by atoms with Crippen LogP contribution in [0, 0.1) is 5.92 Å². The van der Waals surface area contributed by atoms with Gasteiger partial charge >= 0.3 is 0 Å². The fraction of sp³-hybridized carbons (Fsp3) is 0.538. The first-order valence-corrected chi connectivity index (χ1v) is 6.46. The van der Waals surface area contributed by atoms with Crippen LogP contribution in [0.1, 0.15) is 42.5 Å². The van der Waals surface area contributed by atoms with Crippen molar-refractivity contribution in [3.8, 4) is 0 Å². The molecule has 1 heterocycles. The summed E-state index contributed by atoms with van der Waals surface area (Å²) in [5, 5.41) is 3.26. The van der Waals surface area contributed by atoms with Gasteiger partial charge in [-0.05, 0) is 24.8 Å². The highest BCUT2D eigenvalue weighted by molar-refractivity contribution is 5.98. The number of anilines is 2. The molecular formula is C13H20N4O. The minimum Gasteiger partial charge on any atom is -0.397 e. The van der Waals surface area contributed by atoms with Crippen LogP contribution in [0.25, 0.3) is 0 Å². The van der Waals surface area contributed by atoms with Gasteiger partial charge in [-0.25, -0.2) is 4.98 Å². The zero-order chi connectivity index (χ0) is 13.0. The van der Waals surface area contributed by atoms with Crippen LogP contribution in [0.15, 0.2) is 12.3 Å². The maximum atomic E-state index is 11.2. The van der Waals surface area contributed by atoms with Gasteiger partial charge in [-0.3, -0.25) is 4.79 Å². The van der Waals surface area contributed by atoms with Crippen molar-refractivity contribution >= 4 is 17.4 Å². The molecule has 1 fully saturated rings. The van der Waals surface area contributed by atoms with E-state index in [0.29, 0.717) is 23.0 Å². The summed E-state index contributed by atoms with van der Waals surface area (Å²) in [6.45, 7) is 0.898. The largest absolute Gasteiger partial charge is 0.397 e. The second kappa shape index (κ2) is 5.71. The van der Waals surface area contributed by atoms with Crippen LogP contribution in [-0.4, -0.2) is 17.4 Å². The van der Waals surface area contributed by atoms with Crippen molar-refractivity contribution in [1.29, 1.82) is 0 Å². The third-order valence-electron chi connectivity index (χ3n) is 3.50. The zero-order valence-corrected chi connectivity index (χ0v) is 10.5. The molecule has 5 N–H and O–H groups in total. The number of nitrogens with two attached hydrogens (primary N) is 2. The maximum Gasteiger partial charge on any atom is 0.250 e. The molecule has 0 saturated heterocycles. The molecule has 1 aromatic heterocycles. The van der Waals surface area contributed by atoms with Crippen LogP contribution in [0.5, 0.6) is 0 Å². The van der Waals surface area contributed by atoms with E-state index in [1.807, 2.05) is 0 Å². The molecule has 5 heteroatoms. The van der Waals surface area contributed by atoms with Gasteiger partial charge in [0.15, 0.2) is 0 Å². The van der Waals surface area contributed by atoms with Crippen LogP contribution in [0.2, 0.25) is 0 Å². The molecule has 98 valence electrons. The molecule has 0 bridgehead atoms. The van der Waals surface area contributed by atoms with Gasteiger partial charge in [0.2, 0.25) is 0 Å². The molecule has 0 atom stereocenters. The number of hydrogen-bond donors (Lipinski definition) is 3. The molecule has 0 aliphatic heterocycles. The predicted molar refractivity (Wildman–Crippen MR) is 72.2 cm³/mol. The van der Waals surface area contributed by atoms with Crippen molar-refractivity contribution in [2.75, 3.05) is 17.6 Å². The van der Waals surface area contributed by atoms with Crippen molar-refractivity contribution in [3.05, 3.63) is 17.8 Å². The van der Waals surface area contributed by atoms with Crippen LogP contribution in [0.3, 0.4) is 0 Å². The lowest BCUT2D eigenvalue weighted by Crippen LogP contribution is -2.19. The Morgan fingerprint density at radius 1 is 1.39 bits per heavy atom. The molecule has 5 nitrogen and oxygen atoms in total. The van der Waals surface area contributed by atoms with Gasteiger partial charge in [-0.15, -0.1) is 0 Å². The molecule has 1 aliphatic rings. The van der Waals surface area contributed by atoms with E-state index >= 15 is 0 Å². The van der Waals surface area contributed by atoms with E-state index in [1.54, 1.807) is 6.07 Å². The number of nitrogens with zero attached hydrogens (tertiary/aromatic N) is 1. The molecule has 2 rings (SSSR count). The van der Waals surface area contributed by atoms with Crippen LogP contribution in [0.4, 0.5) is 11.5 Å². The lowest BCUT2D eigenvalue weighted by molar-refractivity contribution is 0.100. The molecular weight excluding hydrogens is 228 g/mol. The minimum absolute atomic E-state index is 0.325. The van der Waals surface area contributed by atoms with E-state index in [0.717, 1.165) is 6.54 Å². The van der Waals surface area contributed by atoms with Gasteiger partial charge < -0.3 is 16.8 Å². The number of rotatable bonds is 4. The smallest absolute Gasteiger partial charge is 0.250 e. The second-order valence-electron chi connectivity index (χ2n) is 4.91. The standard InChI is InChI=1S/C13H20N4O/c14-11-8-17-12(6-10(11)13(15)18)16-7-9-4-2-1-3-5-9/h6,8-9H,1-5,7,14H2,(H2,15,18)(H,16,17). The second-order valence-corrected chi connectivity index (χ2v) is 4.91. The Labute approximate surface area is 107 Å². The quantitative estimate of drug-likeness (QED) is 0.756. The first-order valence-electron chi connectivity index (χ1n) is 6.46. The number of carbonyl (C=O) groups excluding carboxylic acids is 1. The normalized spacial score (nSPS) is 16.4. The van der Waals surface area contributed by atoms with Crippen LogP contribution in [-0.2, 0) is 0 Å². The SMILES string of the molecule is NC(=O)c1cc(NCC2CCCCC2)ncc1N. The highest BCUT2D eigenvalue weighted by Gasteiger charge is 2.14. The average Bonchev–Trinajstić information content (AvgIpc) is 2.38. The number of amides is 1. The molecule has 1 amide bonds. The summed E-state index contributed by atoms with van der Waals surface area (Å²) in [5.74, 6) is 0.856. The van der Waals surface area contributed by atoms with Gasteiger partial charge in [-0.1, -0.05) is 19.3 Å². The minimum atomic E-state index is -0.518. The highest BCUT2D eigenvalue weighted by atomic mass is 16.1. The Morgan fingerprint density at radius 2 is 2.11 bits per heavy atom. The third-order valence-corrected chi connectivity index (χ3v) is 3.50. The molecule has 1 aliphatic carbocycles. The Morgan fingerprint density at radius 3 is 2.78 bits per heavy atom. The van der Waals surface area contributed by atoms with Crippen molar-refractivity contribution in [1.82, 2.24) is 4.98 Å². The first-order chi connectivity index (χ1) is 8.66. The Bertz CT molecular complexity index is 427. The number of pyridine rings is 1. The van der Waals surface area contributed by atoms with E-state index < -0.39 is 5.91 Å². The summed E-state index contributed by atoms with van der Waals surface area (Å²) >= 11 is 0. The summed E-state index contributed by atoms with van der Waals surface area (Å²) in [5.41, 5.74) is 11.5. The zero-order valence-electron chi connectivity index (χ0n) is 10.5. The van der Waals surface area contributed by atoms with E-state index in [-0.39, 0.29) is 0 Å². The highest BCUT2D eigenvalue weighted by Crippen LogP contribution is 2.24. The van der Waals surface area contributed by atoms with Crippen LogP contribution < -0.4 is 16.8 Å². The van der Waals surface area contributed by atoms with E-state index in [2.05, 4.69) is 10.3 Å². The molecule has 18 heavy (non-hydrogen) atoms. The number of nitrogen functional groups attached to an aromatic ring is 1. The van der Waals surface area contributed by atoms with Gasteiger partial charge in [0.05, 0.1) is 17.4 Å². The summed E-state index contributed by atoms with van der Waals surface area (Å²) in [6, 6.07) is 1.63. The average molecular weight is 248 g/mol. The molecule has 0 unspecified atom stereocenters. The molecule has 0 spiro atoms. The topological polar surface area (TPSA) is 94.0 Å². The van der Waals surface area contributed by atoms with Gasteiger partial charge in [0, 0.05) is 6.54 Å². The lowest BCUT2D eigenvalue weighted by Gasteiger charge is -2.22. The fourth-order valence-electron chi connectivity index (χ4n) is 2.42. The first kappa shape index (κ1) is 12.7. The fourth-order valence-corrected chi connectivity index (χ4v) is 2.42. The Balaban J connectivity index is 1.96. The number of primary amides is 1. The number of hydrogen-bond acceptors (Lipinski definition) is 4. The van der Waals surface area contributed by atoms with Crippen molar-refractivity contribution in [2.24, 2.45) is 11.7 Å². The Kier molecular flexibility index (Phi) is 4.02. The van der Waals surface area contributed by atoms with Gasteiger partial charge in [0.1, 0.15) is 5.82 Å². The van der Waals surface area contributed by atoms with Crippen molar-refractivity contribution in [2.45, 2.75) is 32.1 Å². The molecule has 1 saturated carbocycles. The molecule has 1 aromatic rings. The summed E-state index contributed by atoms with van der Waals surface area (Å²) in [7, 11) is 0. The monoisotopic (exact) mass is 248 g/mol. The van der Waals surface area contributed by atoms with E-state index in [4.69, 9.17) is 11.5 Å². The predicted octanol–water partition coefficient (Wildman–Crippen LogP) is 1.75. The van der Waals surface area contributed by atoms with E-state index in [1.165, 1.54) is 38.3 Å². The Hall–Kier alpha value is -1.78. The van der Waals surface area contributed by atoms with Gasteiger partial charge in [0.25, 0.3) is 5.91 Å². The van der Waals surface area contributed by atoms with Crippen molar-refractivity contribution < 1.29 is 4.79 Å². The van der Waals surface area contributed by atoms with Crippen molar-refractivity contribution in [3.63, 3.8) is 0 Å². The number of aromatic nitrogens is 1. The number of carbonyl (C=O) groups is 1. The third kappa shape index (κ3) is 3.12.